The van der Waals surface area contributed by atoms with Gasteiger partial charge in [-0.05, 0) is 67.3 Å². The molecule has 5 rings (SSSR count). The molecule has 0 saturated heterocycles. The first kappa shape index (κ1) is 16.7. The SMILES string of the molecule is CN1CCCc2cc(C=NNc3ncnc4sc5c(c34)CCCC5)ccc21. The third-order valence-corrected chi connectivity index (χ3v) is 6.79. The highest BCUT2D eigenvalue weighted by molar-refractivity contribution is 7.19. The molecule has 5 nitrogen and oxygen atoms in total. The average molecular weight is 378 g/mol. The second-order valence-electron chi connectivity index (χ2n) is 7.40. The van der Waals surface area contributed by atoms with Crippen molar-refractivity contribution in [1.29, 1.82) is 0 Å². The van der Waals surface area contributed by atoms with Crippen LogP contribution in [0, 0.1) is 0 Å². The molecule has 0 spiro atoms. The molecular formula is C21H23N5S. The number of anilines is 2. The Morgan fingerprint density at radius 3 is 3.04 bits per heavy atom. The molecule has 1 aliphatic heterocycles. The predicted molar refractivity (Wildman–Crippen MR) is 113 cm³/mol. The Hall–Kier alpha value is -2.47. The number of hydrogen-bond acceptors (Lipinski definition) is 6. The lowest BCUT2D eigenvalue weighted by Gasteiger charge is -2.27. The lowest BCUT2D eigenvalue weighted by atomic mass is 9.97. The quantitative estimate of drug-likeness (QED) is 0.543. The molecule has 1 aliphatic carbocycles. The summed E-state index contributed by atoms with van der Waals surface area (Å²) >= 11 is 1.81. The van der Waals surface area contributed by atoms with Gasteiger partial charge in [0.2, 0.25) is 0 Å². The summed E-state index contributed by atoms with van der Waals surface area (Å²) in [6, 6.07) is 6.58. The van der Waals surface area contributed by atoms with Crippen LogP contribution < -0.4 is 10.3 Å². The first-order chi connectivity index (χ1) is 13.3. The van der Waals surface area contributed by atoms with E-state index in [2.05, 4.69) is 50.6 Å². The number of thiophene rings is 1. The van der Waals surface area contributed by atoms with E-state index in [4.69, 9.17) is 0 Å². The van der Waals surface area contributed by atoms with Crippen LogP contribution in [-0.4, -0.2) is 29.8 Å². The molecule has 0 radical (unpaired) electrons. The van der Waals surface area contributed by atoms with Crippen LogP contribution in [0.25, 0.3) is 10.2 Å². The minimum Gasteiger partial charge on any atom is -0.374 e. The van der Waals surface area contributed by atoms with Crippen LogP contribution in [0.3, 0.4) is 0 Å². The van der Waals surface area contributed by atoms with Crippen molar-refractivity contribution in [2.45, 2.75) is 38.5 Å². The lowest BCUT2D eigenvalue weighted by Crippen LogP contribution is -2.24. The number of nitrogens with one attached hydrogen (secondary N) is 1. The Morgan fingerprint density at radius 1 is 1.15 bits per heavy atom. The van der Waals surface area contributed by atoms with Gasteiger partial charge in [-0.15, -0.1) is 11.3 Å². The van der Waals surface area contributed by atoms with Crippen molar-refractivity contribution in [3.05, 3.63) is 46.1 Å². The van der Waals surface area contributed by atoms with Crippen LogP contribution in [0.5, 0.6) is 0 Å². The summed E-state index contributed by atoms with van der Waals surface area (Å²) in [7, 11) is 2.16. The first-order valence-electron chi connectivity index (χ1n) is 9.68. The van der Waals surface area contributed by atoms with Crippen LogP contribution in [0.1, 0.15) is 40.8 Å². The average Bonchev–Trinajstić information content (AvgIpc) is 3.07. The molecule has 1 N–H and O–H groups in total. The number of hydrogen-bond donors (Lipinski definition) is 1. The van der Waals surface area contributed by atoms with Gasteiger partial charge in [0.25, 0.3) is 0 Å². The van der Waals surface area contributed by atoms with Crippen molar-refractivity contribution in [3.8, 4) is 0 Å². The zero-order valence-corrected chi connectivity index (χ0v) is 16.4. The first-order valence-corrected chi connectivity index (χ1v) is 10.5. The van der Waals surface area contributed by atoms with E-state index in [-0.39, 0.29) is 0 Å². The zero-order chi connectivity index (χ0) is 18.2. The molecule has 0 saturated carbocycles. The van der Waals surface area contributed by atoms with Gasteiger partial charge in [-0.25, -0.2) is 9.97 Å². The van der Waals surface area contributed by atoms with Crippen molar-refractivity contribution in [2.24, 2.45) is 5.10 Å². The Labute approximate surface area is 163 Å². The van der Waals surface area contributed by atoms with E-state index in [1.54, 1.807) is 6.33 Å². The molecule has 0 fully saturated rings. The molecule has 2 aliphatic rings. The fourth-order valence-corrected chi connectivity index (χ4v) is 5.46. The maximum Gasteiger partial charge on any atom is 0.158 e. The highest BCUT2D eigenvalue weighted by Crippen LogP contribution is 2.38. The number of nitrogens with zero attached hydrogens (tertiary/aromatic N) is 4. The van der Waals surface area contributed by atoms with Crippen molar-refractivity contribution in [1.82, 2.24) is 9.97 Å². The molecule has 3 heterocycles. The third-order valence-electron chi connectivity index (χ3n) is 5.59. The molecule has 0 amide bonds. The second-order valence-corrected chi connectivity index (χ2v) is 8.48. The van der Waals surface area contributed by atoms with E-state index in [1.165, 1.54) is 52.8 Å². The number of hydrazone groups is 1. The van der Waals surface area contributed by atoms with Crippen molar-refractivity contribution in [2.75, 3.05) is 23.9 Å². The lowest BCUT2D eigenvalue weighted by molar-refractivity contribution is 0.700. The molecule has 0 atom stereocenters. The van der Waals surface area contributed by atoms with Crippen LogP contribution in [0.2, 0.25) is 0 Å². The number of fused-ring (bicyclic) bond motifs is 4. The number of aromatic nitrogens is 2. The number of benzene rings is 1. The highest BCUT2D eigenvalue weighted by atomic mass is 32.1. The minimum absolute atomic E-state index is 0.827. The zero-order valence-electron chi connectivity index (χ0n) is 15.5. The molecule has 138 valence electrons. The smallest absolute Gasteiger partial charge is 0.158 e. The van der Waals surface area contributed by atoms with Crippen LogP contribution in [-0.2, 0) is 19.3 Å². The van der Waals surface area contributed by atoms with Gasteiger partial charge in [0.1, 0.15) is 11.2 Å². The maximum absolute atomic E-state index is 4.48. The normalized spacial score (nSPS) is 16.6. The minimum atomic E-state index is 0.827. The molecule has 0 bridgehead atoms. The van der Waals surface area contributed by atoms with E-state index in [9.17, 15) is 0 Å². The summed E-state index contributed by atoms with van der Waals surface area (Å²) in [5.41, 5.74) is 8.47. The van der Waals surface area contributed by atoms with E-state index in [1.807, 2.05) is 17.6 Å². The summed E-state index contributed by atoms with van der Waals surface area (Å²) in [4.78, 5) is 13.8. The van der Waals surface area contributed by atoms with Gasteiger partial charge in [-0.3, -0.25) is 5.43 Å². The maximum atomic E-state index is 4.48. The molecule has 1 aromatic carbocycles. The Kier molecular flexibility index (Phi) is 4.28. The standard InChI is InChI=1S/C21H23N5S/c1-26-10-4-5-15-11-14(8-9-17(15)26)12-24-25-20-19-16-6-2-3-7-18(16)27-21(19)23-13-22-20/h8-9,11-13H,2-7,10H2,1H3,(H,22,23,25). The molecule has 27 heavy (non-hydrogen) atoms. The Balaban J connectivity index is 1.41. The van der Waals surface area contributed by atoms with Gasteiger partial charge in [-0.2, -0.15) is 5.10 Å². The van der Waals surface area contributed by atoms with Crippen LogP contribution in [0.15, 0.2) is 29.6 Å². The topological polar surface area (TPSA) is 53.4 Å². The Bertz CT molecular complexity index is 1020. The van der Waals surface area contributed by atoms with E-state index in [0.717, 1.165) is 35.6 Å². The molecule has 0 unspecified atom stereocenters. The molecular weight excluding hydrogens is 354 g/mol. The highest BCUT2D eigenvalue weighted by Gasteiger charge is 2.19. The number of rotatable bonds is 3. The molecule has 2 aromatic heterocycles. The predicted octanol–water partition coefficient (Wildman–Crippen LogP) is 4.40. The van der Waals surface area contributed by atoms with Gasteiger partial charge in [-0.1, -0.05) is 6.07 Å². The van der Waals surface area contributed by atoms with Gasteiger partial charge >= 0.3 is 0 Å². The van der Waals surface area contributed by atoms with Gasteiger partial charge in [0, 0.05) is 24.2 Å². The van der Waals surface area contributed by atoms with Gasteiger partial charge in [0.05, 0.1) is 11.6 Å². The fraction of sp³-hybridized carbons (Fsp3) is 0.381. The van der Waals surface area contributed by atoms with Gasteiger partial charge < -0.3 is 4.90 Å². The Morgan fingerprint density at radius 2 is 2.07 bits per heavy atom. The monoisotopic (exact) mass is 377 g/mol. The van der Waals surface area contributed by atoms with Crippen molar-refractivity contribution < 1.29 is 0 Å². The van der Waals surface area contributed by atoms with E-state index in [0.29, 0.717) is 0 Å². The van der Waals surface area contributed by atoms with Gasteiger partial charge in [0.15, 0.2) is 5.82 Å². The molecule has 6 heteroatoms. The third kappa shape index (κ3) is 3.08. The molecule has 3 aromatic rings. The summed E-state index contributed by atoms with van der Waals surface area (Å²) in [5, 5.41) is 5.65. The summed E-state index contributed by atoms with van der Waals surface area (Å²) < 4.78 is 0. The van der Waals surface area contributed by atoms with Crippen molar-refractivity contribution in [3.63, 3.8) is 0 Å². The largest absolute Gasteiger partial charge is 0.374 e. The fourth-order valence-electron chi connectivity index (χ4n) is 4.23. The second kappa shape index (κ2) is 6.93. The van der Waals surface area contributed by atoms with Crippen molar-refractivity contribution >= 4 is 39.3 Å². The van der Waals surface area contributed by atoms with Crippen LogP contribution in [0.4, 0.5) is 11.5 Å². The number of aryl methyl sites for hydroxylation is 3. The summed E-state index contributed by atoms with van der Waals surface area (Å²) in [5.74, 6) is 0.827. The van der Waals surface area contributed by atoms with E-state index < -0.39 is 0 Å². The summed E-state index contributed by atoms with van der Waals surface area (Å²) in [6.07, 6.45) is 10.7. The summed E-state index contributed by atoms with van der Waals surface area (Å²) in [6.45, 7) is 1.14. The van der Waals surface area contributed by atoms with Crippen LogP contribution >= 0.6 is 11.3 Å². The van der Waals surface area contributed by atoms with E-state index >= 15 is 0 Å².